The van der Waals surface area contributed by atoms with Crippen molar-refractivity contribution in [2.45, 2.75) is 63.7 Å². The van der Waals surface area contributed by atoms with Crippen LogP contribution in [0.1, 0.15) is 63.8 Å². The lowest BCUT2D eigenvalue weighted by Crippen LogP contribution is -2.18. The first-order valence-electron chi connectivity index (χ1n) is 12.9. The lowest BCUT2D eigenvalue weighted by Gasteiger charge is -2.28. The summed E-state index contributed by atoms with van der Waals surface area (Å²) in [4.78, 5) is 2.65. The molecule has 0 amide bonds. The van der Waals surface area contributed by atoms with Crippen LogP contribution in [-0.4, -0.2) is 11.4 Å². The molecule has 0 saturated carbocycles. The predicted octanol–water partition coefficient (Wildman–Crippen LogP) is 10.3. The molecule has 0 unspecified atom stereocenters. The van der Waals surface area contributed by atoms with Crippen LogP contribution >= 0.6 is 23.1 Å². The largest absolute Gasteiger partial charge is 0.507 e. The fraction of sp³-hybridized carbons (Fsp3) is 0.294. The SMILES string of the molecule is CSc1cccc2cccc(-c3sc4ccccc4c3Cc3cc(C(C)(C)C)c(O)c(C(C)(C)C)c3)c12. The van der Waals surface area contributed by atoms with Crippen molar-refractivity contribution >= 4 is 44.0 Å². The van der Waals surface area contributed by atoms with Gasteiger partial charge in [-0.15, -0.1) is 23.1 Å². The summed E-state index contributed by atoms with van der Waals surface area (Å²) in [7, 11) is 0. The summed E-state index contributed by atoms with van der Waals surface area (Å²) in [5.74, 6) is 0.442. The second kappa shape index (κ2) is 9.53. The Hall–Kier alpha value is -2.75. The molecule has 0 saturated heterocycles. The first kappa shape index (κ1) is 25.9. The van der Waals surface area contributed by atoms with Gasteiger partial charge >= 0.3 is 0 Å². The summed E-state index contributed by atoms with van der Waals surface area (Å²) in [6, 6.07) is 26.6. The van der Waals surface area contributed by atoms with E-state index in [4.69, 9.17) is 0 Å². The summed E-state index contributed by atoms with van der Waals surface area (Å²) >= 11 is 3.71. The molecule has 37 heavy (non-hydrogen) atoms. The molecule has 0 bridgehead atoms. The summed E-state index contributed by atoms with van der Waals surface area (Å²) in [5, 5.41) is 15.2. The van der Waals surface area contributed by atoms with Crippen molar-refractivity contribution in [2.24, 2.45) is 0 Å². The Kier molecular flexibility index (Phi) is 6.66. The van der Waals surface area contributed by atoms with E-state index in [0.717, 1.165) is 17.5 Å². The zero-order chi connectivity index (χ0) is 26.5. The van der Waals surface area contributed by atoms with E-state index in [-0.39, 0.29) is 10.8 Å². The topological polar surface area (TPSA) is 20.2 Å². The van der Waals surface area contributed by atoms with Gasteiger partial charge in [-0.05, 0) is 68.7 Å². The highest BCUT2D eigenvalue weighted by Gasteiger charge is 2.27. The molecule has 1 aromatic heterocycles. The minimum absolute atomic E-state index is 0.150. The second-order valence-electron chi connectivity index (χ2n) is 12.0. The van der Waals surface area contributed by atoms with Crippen molar-refractivity contribution in [1.82, 2.24) is 0 Å². The minimum atomic E-state index is -0.150. The van der Waals surface area contributed by atoms with Crippen LogP contribution in [0, 0.1) is 0 Å². The molecule has 0 aliphatic rings. The Morgan fingerprint density at radius 2 is 1.41 bits per heavy atom. The van der Waals surface area contributed by atoms with E-state index in [1.54, 1.807) is 0 Å². The normalized spacial score (nSPS) is 12.5. The van der Waals surface area contributed by atoms with Crippen LogP contribution in [0.5, 0.6) is 5.75 Å². The molecule has 5 rings (SSSR count). The van der Waals surface area contributed by atoms with Gasteiger partial charge in [0.15, 0.2) is 0 Å². The zero-order valence-corrected chi connectivity index (χ0v) is 24.5. The third-order valence-electron chi connectivity index (χ3n) is 7.20. The Balaban J connectivity index is 1.78. The molecule has 0 aliphatic heterocycles. The zero-order valence-electron chi connectivity index (χ0n) is 22.9. The van der Waals surface area contributed by atoms with Crippen molar-refractivity contribution in [3.05, 3.63) is 95.1 Å². The monoisotopic (exact) mass is 524 g/mol. The molecule has 0 radical (unpaired) electrons. The number of phenols is 1. The lowest BCUT2D eigenvalue weighted by atomic mass is 9.78. The summed E-state index contributed by atoms with van der Waals surface area (Å²) in [6.07, 6.45) is 2.99. The summed E-state index contributed by atoms with van der Waals surface area (Å²) in [5.41, 5.74) is 5.67. The number of aromatic hydroxyl groups is 1. The highest BCUT2D eigenvalue weighted by Crippen LogP contribution is 2.46. The Bertz CT molecular complexity index is 1570. The quantitative estimate of drug-likeness (QED) is 0.236. The number of fused-ring (bicyclic) bond motifs is 2. The molecule has 1 heterocycles. The van der Waals surface area contributed by atoms with Gasteiger partial charge in [-0.1, -0.05) is 102 Å². The van der Waals surface area contributed by atoms with Crippen LogP contribution in [-0.2, 0) is 17.3 Å². The van der Waals surface area contributed by atoms with Crippen LogP contribution < -0.4 is 0 Å². The molecule has 0 spiro atoms. The summed E-state index contributed by atoms with van der Waals surface area (Å²) < 4.78 is 1.32. The third kappa shape index (κ3) is 4.80. The molecule has 1 nitrogen and oxygen atoms in total. The first-order valence-corrected chi connectivity index (χ1v) is 15.0. The maximum absolute atomic E-state index is 11.3. The number of hydrogen-bond donors (Lipinski definition) is 1. The van der Waals surface area contributed by atoms with Crippen LogP contribution in [0.2, 0.25) is 0 Å². The minimum Gasteiger partial charge on any atom is -0.507 e. The van der Waals surface area contributed by atoms with Gasteiger partial charge in [0.25, 0.3) is 0 Å². The number of rotatable bonds is 4. The van der Waals surface area contributed by atoms with E-state index in [0.29, 0.717) is 5.75 Å². The number of phenolic OH excluding ortho intramolecular Hbond substituents is 1. The molecule has 4 aromatic carbocycles. The molecule has 5 aromatic rings. The molecule has 3 heteroatoms. The van der Waals surface area contributed by atoms with E-state index < -0.39 is 0 Å². The second-order valence-corrected chi connectivity index (χ2v) is 13.9. The van der Waals surface area contributed by atoms with Crippen LogP contribution in [0.3, 0.4) is 0 Å². The molecule has 1 N–H and O–H groups in total. The highest BCUT2D eigenvalue weighted by atomic mass is 32.2. The van der Waals surface area contributed by atoms with E-state index in [9.17, 15) is 5.11 Å². The van der Waals surface area contributed by atoms with Crippen molar-refractivity contribution in [3.63, 3.8) is 0 Å². The fourth-order valence-electron chi connectivity index (χ4n) is 5.30. The van der Waals surface area contributed by atoms with Gasteiger partial charge in [0.2, 0.25) is 0 Å². The van der Waals surface area contributed by atoms with Gasteiger partial charge in [-0.2, -0.15) is 0 Å². The molecule has 0 aliphatic carbocycles. The van der Waals surface area contributed by atoms with E-state index in [1.165, 1.54) is 47.3 Å². The maximum atomic E-state index is 11.3. The average Bonchev–Trinajstić information content (AvgIpc) is 3.21. The first-order chi connectivity index (χ1) is 17.5. The Labute approximate surface area is 229 Å². The molecular formula is C34H36OS2. The van der Waals surface area contributed by atoms with Gasteiger partial charge < -0.3 is 5.11 Å². The smallest absolute Gasteiger partial charge is 0.123 e. The highest BCUT2D eigenvalue weighted by molar-refractivity contribution is 7.98. The molecular weight excluding hydrogens is 489 g/mol. The maximum Gasteiger partial charge on any atom is 0.123 e. The lowest BCUT2D eigenvalue weighted by molar-refractivity contribution is 0.423. The van der Waals surface area contributed by atoms with Crippen LogP contribution in [0.15, 0.2) is 77.7 Å². The standard InChI is InChI=1S/C34H36OS2/c1-33(2,3)26-19-21(20-27(31(26)35)34(4,5)6)18-25-23-14-8-9-16-28(23)37-32(25)24-15-10-12-22-13-11-17-29(36-7)30(22)24/h8-17,19-20,35H,18H2,1-7H3. The van der Waals surface area contributed by atoms with E-state index in [1.807, 2.05) is 23.1 Å². The number of hydrogen-bond acceptors (Lipinski definition) is 3. The molecule has 0 fully saturated rings. The van der Waals surface area contributed by atoms with Gasteiger partial charge in [-0.25, -0.2) is 0 Å². The number of benzene rings is 4. The van der Waals surface area contributed by atoms with E-state index >= 15 is 0 Å². The molecule has 0 atom stereocenters. The third-order valence-corrected chi connectivity index (χ3v) is 9.22. The van der Waals surface area contributed by atoms with Crippen LogP contribution in [0.25, 0.3) is 31.3 Å². The summed E-state index contributed by atoms with van der Waals surface area (Å²) in [6.45, 7) is 13.1. The van der Waals surface area contributed by atoms with Gasteiger partial charge in [0.05, 0.1) is 0 Å². The van der Waals surface area contributed by atoms with Crippen molar-refractivity contribution < 1.29 is 5.11 Å². The average molecular weight is 525 g/mol. The predicted molar refractivity (Wildman–Crippen MR) is 165 cm³/mol. The van der Waals surface area contributed by atoms with E-state index in [2.05, 4.69) is 121 Å². The van der Waals surface area contributed by atoms with Crippen LogP contribution in [0.4, 0.5) is 0 Å². The molecule has 190 valence electrons. The van der Waals surface area contributed by atoms with Crippen molar-refractivity contribution in [2.75, 3.05) is 6.26 Å². The Morgan fingerprint density at radius 3 is 2.03 bits per heavy atom. The van der Waals surface area contributed by atoms with Gasteiger partial charge in [-0.3, -0.25) is 0 Å². The van der Waals surface area contributed by atoms with Crippen molar-refractivity contribution in [3.8, 4) is 16.2 Å². The van der Waals surface area contributed by atoms with Gasteiger partial charge in [0.1, 0.15) is 5.75 Å². The fourth-order valence-corrected chi connectivity index (χ4v) is 7.20. The van der Waals surface area contributed by atoms with Gasteiger partial charge in [0, 0.05) is 25.4 Å². The Morgan fingerprint density at radius 1 is 0.784 bits per heavy atom. The number of thioether (sulfide) groups is 1. The number of thiophene rings is 1. The van der Waals surface area contributed by atoms with Crippen molar-refractivity contribution in [1.29, 1.82) is 0 Å².